The van der Waals surface area contributed by atoms with Gasteiger partial charge < -0.3 is 14.3 Å². The molecule has 0 saturated carbocycles. The zero-order chi connectivity index (χ0) is 29.4. The first-order chi connectivity index (χ1) is 21.6. The summed E-state index contributed by atoms with van der Waals surface area (Å²) in [5.74, 6) is 0.494. The number of aromatic nitrogens is 1. The van der Waals surface area contributed by atoms with Gasteiger partial charge in [0.15, 0.2) is 5.58 Å². The van der Waals surface area contributed by atoms with Crippen LogP contribution in [-0.2, 0) is 0 Å². The Kier molecular flexibility index (Phi) is 5.80. The minimum Gasteiger partial charge on any atom is -0.454 e. The molecule has 3 heterocycles. The highest BCUT2D eigenvalue weighted by Gasteiger charge is 2.28. The van der Waals surface area contributed by atoms with Crippen LogP contribution >= 0.6 is 12.6 Å². The average molecular weight is 590 g/mol. The SMILES string of the molecule is CC1C=c2c(oc3c2ccc2c4cc(S)ccc4n(-c4cccc(C5Nc6ccccc6C(c6ccccc6)N5)c4)c23)=CC1. The Hall–Kier alpha value is -4.71. The largest absolute Gasteiger partial charge is 0.454 e. The Morgan fingerprint density at radius 1 is 0.795 bits per heavy atom. The number of fused-ring (bicyclic) bond motifs is 8. The van der Waals surface area contributed by atoms with E-state index in [2.05, 4.69) is 143 Å². The number of benzene rings is 5. The maximum atomic E-state index is 6.67. The molecule has 1 aliphatic carbocycles. The standard InChI is InChI=1S/C39H31N3OS/c1-23-14-19-35-32(20-23)29-17-16-28-31-22-27(44)15-18-34(31)42(37(28)38(29)43-35)26-11-7-10-25(21-26)39-40-33-13-6-5-12-30(33)36(41-39)24-8-3-2-4-9-24/h2-13,15-23,36,39-41,44H,14H2,1H3. The summed E-state index contributed by atoms with van der Waals surface area (Å²) in [6.45, 7) is 2.27. The topological polar surface area (TPSA) is 42.1 Å². The summed E-state index contributed by atoms with van der Waals surface area (Å²) in [4.78, 5) is 0.945. The first-order valence-corrected chi connectivity index (χ1v) is 15.7. The predicted octanol–water partition coefficient (Wildman–Crippen LogP) is 8.22. The van der Waals surface area contributed by atoms with Crippen LogP contribution in [0.4, 0.5) is 5.69 Å². The molecule has 2 N–H and O–H groups in total. The van der Waals surface area contributed by atoms with E-state index in [-0.39, 0.29) is 12.2 Å². The summed E-state index contributed by atoms with van der Waals surface area (Å²) in [7, 11) is 0. The minimum atomic E-state index is -0.0752. The fourth-order valence-corrected chi connectivity index (χ4v) is 7.40. The number of nitrogens with zero attached hydrogens (tertiary/aromatic N) is 1. The summed E-state index contributed by atoms with van der Waals surface area (Å²) in [6, 6.07) is 39.1. The predicted molar refractivity (Wildman–Crippen MR) is 184 cm³/mol. The molecule has 3 unspecified atom stereocenters. The maximum Gasteiger partial charge on any atom is 0.160 e. The van der Waals surface area contributed by atoms with Crippen LogP contribution < -0.4 is 21.3 Å². The van der Waals surface area contributed by atoms with E-state index in [0.717, 1.165) is 44.7 Å². The minimum absolute atomic E-state index is 0.0752. The first kappa shape index (κ1) is 25.8. The molecule has 44 heavy (non-hydrogen) atoms. The van der Waals surface area contributed by atoms with Crippen molar-refractivity contribution in [2.75, 3.05) is 5.32 Å². The molecular weight excluding hydrogens is 559 g/mol. The molecule has 1 aliphatic heterocycles. The Balaban J connectivity index is 1.25. The first-order valence-electron chi connectivity index (χ1n) is 15.3. The van der Waals surface area contributed by atoms with Gasteiger partial charge in [0.25, 0.3) is 0 Å². The summed E-state index contributed by atoms with van der Waals surface area (Å²) in [5.41, 5.74) is 10.1. The zero-order valence-electron chi connectivity index (χ0n) is 24.3. The van der Waals surface area contributed by atoms with Crippen molar-refractivity contribution < 1.29 is 4.42 Å². The summed E-state index contributed by atoms with van der Waals surface area (Å²) >= 11 is 4.71. The van der Waals surface area contributed by atoms with Crippen molar-refractivity contribution in [2.24, 2.45) is 5.92 Å². The van der Waals surface area contributed by atoms with Crippen molar-refractivity contribution in [2.45, 2.75) is 30.4 Å². The average Bonchev–Trinajstić information content (AvgIpc) is 3.60. The number of thiol groups is 1. The lowest BCUT2D eigenvalue weighted by atomic mass is 9.93. The molecule has 214 valence electrons. The Bertz CT molecular complexity index is 2370. The Labute approximate surface area is 260 Å². The number of nitrogens with one attached hydrogen (secondary N) is 2. The van der Waals surface area contributed by atoms with E-state index in [1.165, 1.54) is 38.1 Å². The fourth-order valence-electron chi connectivity index (χ4n) is 7.19. The van der Waals surface area contributed by atoms with Gasteiger partial charge in [-0.1, -0.05) is 79.7 Å². The van der Waals surface area contributed by atoms with E-state index in [1.54, 1.807) is 0 Å². The highest BCUT2D eigenvalue weighted by atomic mass is 32.1. The van der Waals surface area contributed by atoms with Crippen molar-refractivity contribution in [3.05, 3.63) is 137 Å². The molecule has 2 aromatic heterocycles. The van der Waals surface area contributed by atoms with Crippen molar-refractivity contribution in [1.82, 2.24) is 9.88 Å². The molecule has 0 spiro atoms. The normalized spacial score (nSPS) is 19.3. The van der Waals surface area contributed by atoms with Crippen molar-refractivity contribution in [1.29, 1.82) is 0 Å². The lowest BCUT2D eigenvalue weighted by Crippen LogP contribution is -2.37. The highest BCUT2D eigenvalue weighted by Crippen LogP contribution is 2.39. The second-order valence-corrected chi connectivity index (χ2v) is 12.6. The third-order valence-electron chi connectivity index (χ3n) is 9.26. The second-order valence-electron chi connectivity index (χ2n) is 12.1. The molecule has 0 saturated heterocycles. The van der Waals surface area contributed by atoms with Crippen LogP contribution in [0.2, 0.25) is 0 Å². The van der Waals surface area contributed by atoms with Gasteiger partial charge in [0.1, 0.15) is 11.6 Å². The fraction of sp³-hybridized carbons (Fsp3) is 0.128. The number of hydrogen-bond donors (Lipinski definition) is 3. The van der Waals surface area contributed by atoms with Gasteiger partial charge >= 0.3 is 0 Å². The van der Waals surface area contributed by atoms with Gasteiger partial charge in [0.05, 0.1) is 17.1 Å². The molecule has 9 rings (SSSR count). The molecule has 3 atom stereocenters. The molecule has 0 fully saturated rings. The third-order valence-corrected chi connectivity index (χ3v) is 9.54. The molecule has 0 amide bonds. The van der Waals surface area contributed by atoms with Crippen LogP contribution in [-0.4, -0.2) is 4.57 Å². The molecule has 5 aromatic carbocycles. The van der Waals surface area contributed by atoms with Crippen LogP contribution in [0.25, 0.3) is 50.6 Å². The number of anilines is 1. The highest BCUT2D eigenvalue weighted by molar-refractivity contribution is 7.80. The van der Waals surface area contributed by atoms with Gasteiger partial charge in [-0.3, -0.25) is 5.32 Å². The van der Waals surface area contributed by atoms with Crippen molar-refractivity contribution >= 4 is 63.2 Å². The third kappa shape index (κ3) is 3.97. The molecule has 0 bridgehead atoms. The van der Waals surface area contributed by atoms with Crippen molar-refractivity contribution in [3.63, 3.8) is 0 Å². The van der Waals surface area contributed by atoms with E-state index >= 15 is 0 Å². The van der Waals surface area contributed by atoms with Gasteiger partial charge in [-0.15, -0.1) is 12.6 Å². The number of hydrogen-bond acceptors (Lipinski definition) is 4. The van der Waals surface area contributed by atoms with E-state index < -0.39 is 0 Å². The van der Waals surface area contributed by atoms with E-state index in [1.807, 2.05) is 0 Å². The monoisotopic (exact) mass is 589 g/mol. The van der Waals surface area contributed by atoms with Crippen LogP contribution in [0, 0.1) is 5.92 Å². The lowest BCUT2D eigenvalue weighted by Gasteiger charge is -2.35. The van der Waals surface area contributed by atoms with Crippen LogP contribution in [0.5, 0.6) is 0 Å². The smallest absolute Gasteiger partial charge is 0.160 e. The molecular formula is C39H31N3OS. The van der Waals surface area contributed by atoms with Gasteiger partial charge in [0, 0.05) is 37.6 Å². The number of rotatable bonds is 3. The van der Waals surface area contributed by atoms with E-state index in [0.29, 0.717) is 5.92 Å². The van der Waals surface area contributed by atoms with Gasteiger partial charge in [-0.25, -0.2) is 0 Å². The maximum absolute atomic E-state index is 6.67. The summed E-state index contributed by atoms with van der Waals surface area (Å²) in [6.07, 6.45) is 5.52. The Morgan fingerprint density at radius 3 is 2.52 bits per heavy atom. The quantitative estimate of drug-likeness (QED) is 0.182. The zero-order valence-corrected chi connectivity index (χ0v) is 25.2. The second kappa shape index (κ2) is 9.91. The molecule has 4 nitrogen and oxygen atoms in total. The number of para-hydroxylation sites is 1. The summed E-state index contributed by atoms with van der Waals surface area (Å²) < 4.78 is 9.04. The van der Waals surface area contributed by atoms with E-state index in [9.17, 15) is 0 Å². The summed E-state index contributed by atoms with van der Waals surface area (Å²) in [5, 5.41) is 12.4. The van der Waals surface area contributed by atoms with Crippen LogP contribution in [0.15, 0.2) is 119 Å². The lowest BCUT2D eigenvalue weighted by molar-refractivity contribution is 0.506. The number of furan rings is 1. The molecule has 7 aromatic rings. The van der Waals surface area contributed by atoms with Crippen LogP contribution in [0.3, 0.4) is 0 Å². The molecule has 0 radical (unpaired) electrons. The van der Waals surface area contributed by atoms with Gasteiger partial charge in [-0.05, 0) is 77.6 Å². The Morgan fingerprint density at radius 2 is 1.61 bits per heavy atom. The molecule has 2 aliphatic rings. The van der Waals surface area contributed by atoms with Crippen molar-refractivity contribution in [3.8, 4) is 5.69 Å². The van der Waals surface area contributed by atoms with Gasteiger partial charge in [0.2, 0.25) is 0 Å². The van der Waals surface area contributed by atoms with Gasteiger partial charge in [-0.2, -0.15) is 0 Å². The van der Waals surface area contributed by atoms with E-state index in [4.69, 9.17) is 17.0 Å². The van der Waals surface area contributed by atoms with Crippen LogP contribution in [0.1, 0.15) is 42.2 Å². The molecule has 5 heteroatoms.